The van der Waals surface area contributed by atoms with E-state index in [0.29, 0.717) is 11.3 Å². The third-order valence-corrected chi connectivity index (χ3v) is 7.57. The molecule has 0 aromatic heterocycles. The van der Waals surface area contributed by atoms with Crippen molar-refractivity contribution in [2.45, 2.75) is 77.0 Å². The van der Waals surface area contributed by atoms with Gasteiger partial charge in [0.1, 0.15) is 11.9 Å². The summed E-state index contributed by atoms with van der Waals surface area (Å²) in [5.74, 6) is 1.31. The summed E-state index contributed by atoms with van der Waals surface area (Å²) in [6, 6.07) is 8.55. The number of fused-ring (bicyclic) bond motifs is 2. The average Bonchev–Trinajstić information content (AvgIpc) is 2.73. The Kier molecular flexibility index (Phi) is 6.18. The second-order valence-corrected chi connectivity index (χ2v) is 9.31. The number of nitriles is 1. The first-order valence-electron chi connectivity index (χ1n) is 11.4. The smallest absolute Gasteiger partial charge is 0.152 e. The zero-order valence-corrected chi connectivity index (χ0v) is 17.4. The molecular weight excluding hydrogens is 364 g/mol. The molecule has 2 saturated carbocycles. The van der Waals surface area contributed by atoms with Gasteiger partial charge in [0.15, 0.2) is 5.82 Å². The van der Waals surface area contributed by atoms with E-state index in [1.54, 1.807) is 12.1 Å². The summed E-state index contributed by atoms with van der Waals surface area (Å²) in [7, 11) is 0. The van der Waals surface area contributed by atoms with Crippen molar-refractivity contribution < 1.29 is 8.78 Å². The lowest BCUT2D eigenvalue weighted by molar-refractivity contribution is 0.113. The number of halogens is 2. The van der Waals surface area contributed by atoms with Crippen LogP contribution in [-0.4, -0.2) is 0 Å². The van der Waals surface area contributed by atoms with Gasteiger partial charge in [-0.05, 0) is 78.9 Å². The second-order valence-electron chi connectivity index (χ2n) is 9.31. The lowest BCUT2D eigenvalue weighted by atomic mass is 9.63. The molecule has 0 saturated heterocycles. The van der Waals surface area contributed by atoms with E-state index in [9.17, 15) is 9.65 Å². The van der Waals surface area contributed by atoms with Crippen LogP contribution in [0.1, 0.15) is 88.2 Å². The highest BCUT2D eigenvalue weighted by Crippen LogP contribution is 2.49. The molecule has 0 aliphatic heterocycles. The molecule has 0 spiro atoms. The van der Waals surface area contributed by atoms with E-state index in [1.807, 2.05) is 12.1 Å². The molecule has 2 aliphatic rings. The van der Waals surface area contributed by atoms with Crippen molar-refractivity contribution in [3.05, 3.63) is 47.0 Å². The van der Waals surface area contributed by atoms with Crippen molar-refractivity contribution in [1.82, 2.24) is 0 Å². The van der Waals surface area contributed by atoms with Crippen LogP contribution in [0.3, 0.4) is 0 Å². The minimum absolute atomic E-state index is 0.0472. The molecule has 2 aromatic carbocycles. The topological polar surface area (TPSA) is 23.8 Å². The number of hydrogen-bond acceptors (Lipinski definition) is 1. The van der Waals surface area contributed by atoms with Crippen LogP contribution in [-0.2, 0) is 0 Å². The molecule has 4 rings (SSSR count). The van der Waals surface area contributed by atoms with Crippen LogP contribution in [0.25, 0.3) is 10.8 Å². The normalized spacial score (nSPS) is 26.8. The highest BCUT2D eigenvalue weighted by Gasteiger charge is 2.37. The summed E-state index contributed by atoms with van der Waals surface area (Å²) in [4.78, 5) is 0. The molecule has 1 nitrogen and oxygen atoms in total. The minimum Gasteiger partial charge on any atom is -0.206 e. The van der Waals surface area contributed by atoms with Crippen LogP contribution in [0.15, 0.2) is 24.3 Å². The van der Waals surface area contributed by atoms with Crippen LogP contribution >= 0.6 is 0 Å². The lowest BCUT2D eigenvalue weighted by Gasteiger charge is -2.42. The molecular formula is C26H31F2N. The first-order chi connectivity index (χ1) is 14.1. The van der Waals surface area contributed by atoms with Gasteiger partial charge in [-0.1, -0.05) is 51.2 Å². The Morgan fingerprint density at radius 3 is 2.62 bits per heavy atom. The average molecular weight is 396 g/mol. The quantitative estimate of drug-likeness (QED) is 0.473. The molecule has 3 heteroatoms. The molecule has 2 fully saturated rings. The van der Waals surface area contributed by atoms with Crippen molar-refractivity contribution in [3.8, 4) is 6.07 Å². The van der Waals surface area contributed by atoms with Crippen molar-refractivity contribution in [2.24, 2.45) is 17.8 Å². The molecule has 2 unspecified atom stereocenters. The molecule has 0 heterocycles. The molecule has 0 radical (unpaired) electrons. The van der Waals surface area contributed by atoms with E-state index in [4.69, 9.17) is 0 Å². The highest BCUT2D eigenvalue weighted by atomic mass is 19.1. The fourth-order valence-corrected chi connectivity index (χ4v) is 6.03. The van der Waals surface area contributed by atoms with Gasteiger partial charge in [0.2, 0.25) is 0 Å². The van der Waals surface area contributed by atoms with Crippen molar-refractivity contribution >= 4 is 10.8 Å². The van der Waals surface area contributed by atoms with Crippen molar-refractivity contribution in [1.29, 1.82) is 5.26 Å². The predicted octanol–water partition coefficient (Wildman–Crippen LogP) is 7.87. The molecule has 29 heavy (non-hydrogen) atoms. The Bertz CT molecular complexity index is 913. The molecule has 2 aromatic rings. The number of nitrogens with zero attached hydrogens (tertiary/aromatic N) is 1. The Morgan fingerprint density at radius 1 is 1.03 bits per heavy atom. The van der Waals surface area contributed by atoms with Crippen molar-refractivity contribution in [2.75, 3.05) is 0 Å². The van der Waals surface area contributed by atoms with Gasteiger partial charge in [0, 0.05) is 0 Å². The van der Waals surface area contributed by atoms with Gasteiger partial charge in [-0.3, -0.25) is 0 Å². The van der Waals surface area contributed by atoms with Crippen molar-refractivity contribution in [3.63, 3.8) is 0 Å². The summed E-state index contributed by atoms with van der Waals surface area (Å²) < 4.78 is 29.2. The van der Waals surface area contributed by atoms with E-state index in [-0.39, 0.29) is 16.9 Å². The van der Waals surface area contributed by atoms with E-state index < -0.39 is 11.6 Å². The SMILES string of the molecule is CCCCC[C@@H]1CC[C@@H]2CC(c3cc4cccc(F)c4c(F)c3C#N)CCC2C1. The lowest BCUT2D eigenvalue weighted by Crippen LogP contribution is -2.30. The highest BCUT2D eigenvalue weighted by molar-refractivity contribution is 5.86. The van der Waals surface area contributed by atoms with E-state index in [0.717, 1.165) is 30.2 Å². The second kappa shape index (κ2) is 8.82. The largest absolute Gasteiger partial charge is 0.206 e. The first-order valence-corrected chi connectivity index (χ1v) is 11.4. The maximum Gasteiger partial charge on any atom is 0.152 e. The summed E-state index contributed by atoms with van der Waals surface area (Å²) in [6.07, 6.45) is 12.5. The zero-order chi connectivity index (χ0) is 20.4. The van der Waals surface area contributed by atoms with E-state index in [1.165, 1.54) is 57.4 Å². The van der Waals surface area contributed by atoms with Gasteiger partial charge in [0.25, 0.3) is 0 Å². The summed E-state index contributed by atoms with van der Waals surface area (Å²) in [6.45, 7) is 2.26. The summed E-state index contributed by atoms with van der Waals surface area (Å²) in [5, 5.41) is 10.2. The number of rotatable bonds is 5. The van der Waals surface area contributed by atoms with E-state index >= 15 is 4.39 Å². The molecule has 0 bridgehead atoms. The molecule has 0 amide bonds. The molecule has 4 atom stereocenters. The third-order valence-electron chi connectivity index (χ3n) is 7.57. The van der Waals surface area contributed by atoms with Gasteiger partial charge in [-0.15, -0.1) is 0 Å². The Hall–Kier alpha value is -1.95. The van der Waals surface area contributed by atoms with Crippen LogP contribution in [0, 0.1) is 40.7 Å². The van der Waals surface area contributed by atoms with Gasteiger partial charge < -0.3 is 0 Å². The number of unbranched alkanes of at least 4 members (excludes halogenated alkanes) is 2. The Morgan fingerprint density at radius 2 is 1.83 bits per heavy atom. The predicted molar refractivity (Wildman–Crippen MR) is 114 cm³/mol. The zero-order valence-electron chi connectivity index (χ0n) is 17.4. The van der Waals surface area contributed by atoms with Gasteiger partial charge in [-0.2, -0.15) is 5.26 Å². The summed E-state index contributed by atoms with van der Waals surface area (Å²) >= 11 is 0. The maximum absolute atomic E-state index is 15.0. The number of benzene rings is 2. The van der Waals surface area contributed by atoms with Gasteiger partial charge >= 0.3 is 0 Å². The first kappa shape index (κ1) is 20.3. The Balaban J connectivity index is 1.53. The third kappa shape index (κ3) is 4.04. The van der Waals surface area contributed by atoms with E-state index in [2.05, 4.69) is 6.92 Å². The molecule has 0 N–H and O–H groups in total. The van der Waals surface area contributed by atoms with Gasteiger partial charge in [-0.25, -0.2) is 8.78 Å². The van der Waals surface area contributed by atoms with Crippen LogP contribution in [0.5, 0.6) is 0 Å². The van der Waals surface area contributed by atoms with Crippen LogP contribution < -0.4 is 0 Å². The van der Waals surface area contributed by atoms with Crippen LogP contribution in [0.4, 0.5) is 8.78 Å². The standard InChI is InChI=1S/C26H31F2N/c1-2-3-4-6-17-9-10-19-14-20(12-11-18(19)13-17)22-15-21-7-5-8-24(27)25(21)26(28)23(22)16-29/h5,7-8,15,17-20H,2-4,6,9-14H2,1H3/t17-,18?,19-,20?/m1/s1. The fourth-order valence-electron chi connectivity index (χ4n) is 6.03. The monoisotopic (exact) mass is 395 g/mol. The van der Waals surface area contributed by atoms with Gasteiger partial charge in [0.05, 0.1) is 10.9 Å². The minimum atomic E-state index is -0.681. The Labute approximate surface area is 173 Å². The van der Waals surface area contributed by atoms with Crippen LogP contribution in [0.2, 0.25) is 0 Å². The number of hydrogen-bond donors (Lipinski definition) is 0. The maximum atomic E-state index is 15.0. The molecule has 154 valence electrons. The fraction of sp³-hybridized carbons (Fsp3) is 0.577. The molecule has 2 aliphatic carbocycles. The summed E-state index contributed by atoms with van der Waals surface area (Å²) in [5.41, 5.74) is 0.853.